The molecular weight excluding hydrogens is 889 g/mol. The molecule has 0 aromatic heterocycles. The normalized spacial score (nSPS) is 13.1. The predicted octanol–water partition coefficient (Wildman–Crippen LogP) is 19.8. The van der Waals surface area contributed by atoms with Crippen molar-refractivity contribution in [3.63, 3.8) is 0 Å². The first-order valence-corrected chi connectivity index (χ1v) is 29.3. The molecule has 0 heterocycles. The van der Waals surface area contributed by atoms with Crippen molar-refractivity contribution in [2.24, 2.45) is 0 Å². The van der Waals surface area contributed by atoms with Gasteiger partial charge in [0.1, 0.15) is 13.2 Å². The van der Waals surface area contributed by atoms with E-state index in [1.165, 1.54) is 103 Å². The van der Waals surface area contributed by atoms with E-state index in [0.29, 0.717) is 19.3 Å². The van der Waals surface area contributed by atoms with E-state index in [4.69, 9.17) is 14.2 Å². The van der Waals surface area contributed by atoms with E-state index in [1.54, 1.807) is 0 Å². The number of carbonyl (C=O) groups is 3. The smallest absolute Gasteiger partial charge is 0.306 e. The second kappa shape index (κ2) is 59.1. The van der Waals surface area contributed by atoms with Gasteiger partial charge in [-0.25, -0.2) is 0 Å². The van der Waals surface area contributed by atoms with Crippen LogP contribution in [0.5, 0.6) is 0 Å². The third-order valence-electron chi connectivity index (χ3n) is 12.1. The molecule has 0 amide bonds. The van der Waals surface area contributed by atoms with E-state index in [9.17, 15) is 14.4 Å². The van der Waals surface area contributed by atoms with Crippen molar-refractivity contribution in [3.05, 3.63) is 134 Å². The molecule has 1 unspecified atom stereocenters. The minimum Gasteiger partial charge on any atom is -0.462 e. The summed E-state index contributed by atoms with van der Waals surface area (Å²) in [5.74, 6) is -0.979. The van der Waals surface area contributed by atoms with Gasteiger partial charge in [0.2, 0.25) is 0 Å². The van der Waals surface area contributed by atoms with E-state index in [1.807, 2.05) is 72.9 Å². The lowest BCUT2D eigenvalue weighted by molar-refractivity contribution is -0.167. The Morgan fingerprint density at radius 2 is 0.597 bits per heavy atom. The monoisotopic (exact) mass is 995 g/mol. The average Bonchev–Trinajstić information content (AvgIpc) is 3.38. The third-order valence-corrected chi connectivity index (χ3v) is 12.1. The molecule has 0 aliphatic heterocycles. The van der Waals surface area contributed by atoms with Crippen molar-refractivity contribution in [1.29, 1.82) is 0 Å². The Morgan fingerprint density at radius 3 is 1.01 bits per heavy atom. The maximum absolute atomic E-state index is 12.9. The molecule has 0 aromatic rings. The maximum Gasteiger partial charge on any atom is 0.306 e. The zero-order valence-corrected chi connectivity index (χ0v) is 46.4. The standard InChI is InChI=1S/C66H106O6/c1-4-7-10-13-16-19-22-25-28-31-33-36-38-41-44-47-50-53-56-59-65(68)71-62-63(61-70-64(67)58-55-52-49-46-43-40-37-34-30-27-24-21-18-15-12-9-6-3)72-66(69)60-57-54-51-48-45-42-39-35-32-29-26-23-20-17-14-11-8-5-2/h7,10,13,16,18-19,21-22,25,27-33,35-36,38-39,41,44,63H,4-6,8-9,11-12,14-15,17,20,23-24,26,34,37,40,42-43,45-62H2,1-3H3/b10-7-,16-13-,21-18-,22-19-,28-25-,30-27-,32-29-,33-31+,38-36-,39-35-,44-41-. The molecule has 0 rings (SSSR count). The Morgan fingerprint density at radius 1 is 0.306 bits per heavy atom. The van der Waals surface area contributed by atoms with Gasteiger partial charge < -0.3 is 14.2 Å². The Bertz CT molecular complexity index is 1560. The highest BCUT2D eigenvalue weighted by atomic mass is 16.6. The fourth-order valence-electron chi connectivity index (χ4n) is 7.68. The van der Waals surface area contributed by atoms with Crippen LogP contribution in [-0.2, 0) is 28.6 Å². The molecule has 0 radical (unpaired) electrons. The Balaban J connectivity index is 4.56. The summed E-state index contributed by atoms with van der Waals surface area (Å²) in [5, 5.41) is 0. The molecule has 0 spiro atoms. The van der Waals surface area contributed by atoms with Gasteiger partial charge in [-0.2, -0.15) is 0 Å². The van der Waals surface area contributed by atoms with Crippen LogP contribution in [0.25, 0.3) is 0 Å². The van der Waals surface area contributed by atoms with Crippen LogP contribution in [-0.4, -0.2) is 37.2 Å². The van der Waals surface area contributed by atoms with Gasteiger partial charge in [-0.05, 0) is 96.3 Å². The number of allylic oxidation sites excluding steroid dienone is 22. The van der Waals surface area contributed by atoms with Crippen molar-refractivity contribution in [2.75, 3.05) is 13.2 Å². The van der Waals surface area contributed by atoms with Crippen LogP contribution in [0.2, 0.25) is 0 Å². The summed E-state index contributed by atoms with van der Waals surface area (Å²) < 4.78 is 16.8. The summed E-state index contributed by atoms with van der Waals surface area (Å²) in [4.78, 5) is 38.2. The van der Waals surface area contributed by atoms with Gasteiger partial charge in [0.05, 0.1) is 0 Å². The molecule has 0 aliphatic carbocycles. The highest BCUT2D eigenvalue weighted by Crippen LogP contribution is 2.14. The third kappa shape index (κ3) is 56.5. The van der Waals surface area contributed by atoms with Crippen LogP contribution in [0.3, 0.4) is 0 Å². The van der Waals surface area contributed by atoms with Gasteiger partial charge in [-0.1, -0.05) is 264 Å². The number of carbonyl (C=O) groups excluding carboxylic acids is 3. The van der Waals surface area contributed by atoms with Crippen LogP contribution < -0.4 is 0 Å². The van der Waals surface area contributed by atoms with Crippen LogP contribution in [0, 0.1) is 0 Å². The molecule has 0 N–H and O–H groups in total. The second-order valence-electron chi connectivity index (χ2n) is 19.0. The number of unbranched alkanes of at least 4 members (excludes halogenated alkanes) is 25. The first-order valence-electron chi connectivity index (χ1n) is 29.3. The largest absolute Gasteiger partial charge is 0.462 e. The first-order chi connectivity index (χ1) is 35.5. The lowest BCUT2D eigenvalue weighted by Crippen LogP contribution is -2.30. The molecule has 0 fully saturated rings. The van der Waals surface area contributed by atoms with Crippen molar-refractivity contribution < 1.29 is 28.6 Å². The van der Waals surface area contributed by atoms with Crippen LogP contribution in [0.4, 0.5) is 0 Å². The molecule has 6 nitrogen and oxygen atoms in total. The number of hydrogen-bond donors (Lipinski definition) is 0. The Kier molecular flexibility index (Phi) is 55.5. The van der Waals surface area contributed by atoms with Crippen molar-refractivity contribution in [2.45, 2.75) is 252 Å². The van der Waals surface area contributed by atoms with Gasteiger partial charge >= 0.3 is 17.9 Å². The zero-order chi connectivity index (χ0) is 52.2. The average molecular weight is 996 g/mol. The minimum absolute atomic E-state index is 0.108. The van der Waals surface area contributed by atoms with E-state index in [0.717, 1.165) is 103 Å². The Hall–Kier alpha value is -4.45. The van der Waals surface area contributed by atoms with Gasteiger partial charge in [0, 0.05) is 19.3 Å². The summed E-state index contributed by atoms with van der Waals surface area (Å²) in [7, 11) is 0. The number of hydrogen-bond acceptors (Lipinski definition) is 6. The number of esters is 3. The van der Waals surface area contributed by atoms with Crippen LogP contribution >= 0.6 is 0 Å². The van der Waals surface area contributed by atoms with Crippen molar-refractivity contribution >= 4 is 17.9 Å². The Labute approximate surface area is 443 Å². The second-order valence-corrected chi connectivity index (χ2v) is 19.0. The summed E-state index contributed by atoms with van der Waals surface area (Å²) in [5.41, 5.74) is 0. The molecule has 406 valence electrons. The molecule has 0 aliphatic rings. The highest BCUT2D eigenvalue weighted by molar-refractivity contribution is 5.71. The van der Waals surface area contributed by atoms with E-state index < -0.39 is 6.10 Å². The van der Waals surface area contributed by atoms with E-state index >= 15 is 0 Å². The fraction of sp³-hybridized carbons (Fsp3) is 0.621. The van der Waals surface area contributed by atoms with E-state index in [-0.39, 0.29) is 31.1 Å². The topological polar surface area (TPSA) is 78.9 Å². The minimum atomic E-state index is -0.815. The first kappa shape index (κ1) is 67.5. The van der Waals surface area contributed by atoms with E-state index in [2.05, 4.69) is 81.5 Å². The molecule has 72 heavy (non-hydrogen) atoms. The molecule has 1 atom stereocenters. The van der Waals surface area contributed by atoms with Crippen LogP contribution in [0.15, 0.2) is 134 Å². The lowest BCUT2D eigenvalue weighted by Gasteiger charge is -2.18. The van der Waals surface area contributed by atoms with Crippen LogP contribution in [0.1, 0.15) is 245 Å². The maximum atomic E-state index is 12.9. The quantitative estimate of drug-likeness (QED) is 0.0199. The molecule has 0 saturated carbocycles. The van der Waals surface area contributed by atoms with Gasteiger partial charge in [-0.15, -0.1) is 0 Å². The van der Waals surface area contributed by atoms with Crippen molar-refractivity contribution in [1.82, 2.24) is 0 Å². The highest BCUT2D eigenvalue weighted by Gasteiger charge is 2.19. The summed E-state index contributed by atoms with van der Waals surface area (Å²) in [6, 6.07) is 0. The van der Waals surface area contributed by atoms with Gasteiger partial charge in [-0.3, -0.25) is 14.4 Å². The van der Waals surface area contributed by atoms with Gasteiger partial charge in [0.25, 0.3) is 0 Å². The fourth-order valence-corrected chi connectivity index (χ4v) is 7.68. The molecule has 0 aromatic carbocycles. The summed E-state index contributed by atoms with van der Waals surface area (Å²) in [6.07, 6.45) is 82.9. The summed E-state index contributed by atoms with van der Waals surface area (Å²) in [6.45, 7) is 6.40. The molecule has 0 saturated heterocycles. The number of ether oxygens (including phenoxy) is 3. The molecule has 0 bridgehead atoms. The predicted molar refractivity (Wildman–Crippen MR) is 311 cm³/mol. The number of rotatable bonds is 51. The zero-order valence-electron chi connectivity index (χ0n) is 46.4. The van der Waals surface area contributed by atoms with Crippen molar-refractivity contribution in [3.8, 4) is 0 Å². The lowest BCUT2D eigenvalue weighted by atomic mass is 10.1. The molecular formula is C66H106O6. The summed E-state index contributed by atoms with van der Waals surface area (Å²) >= 11 is 0. The van der Waals surface area contributed by atoms with Gasteiger partial charge in [0.15, 0.2) is 6.10 Å². The molecule has 6 heteroatoms. The SMILES string of the molecule is CC\C=C/C=C\C=C/C=C\C=C\C=C/C=C\CCCCCC(=O)OCC(COC(=O)CCCCCCCCC/C=C\C/C=C\CCCCC)OC(=O)CCCCCCC/C=C\C=C/CCCCCCCCC.